The van der Waals surface area contributed by atoms with Crippen LogP contribution in [0.25, 0.3) is 0 Å². The molecule has 0 saturated heterocycles. The fraction of sp³-hybridized carbons (Fsp3) is 0.400. The lowest BCUT2D eigenvalue weighted by Crippen LogP contribution is -2.20. The highest BCUT2D eigenvalue weighted by Crippen LogP contribution is 2.09. The second kappa shape index (κ2) is 5.41. The van der Waals surface area contributed by atoms with Crippen LogP contribution < -0.4 is 0 Å². The Balaban J connectivity index is 2.66. The van der Waals surface area contributed by atoms with Crippen molar-refractivity contribution in [3.63, 3.8) is 0 Å². The molecule has 1 nitrogen and oxygen atoms in total. The normalized spacial score (nSPS) is 10.9. The SMILES string of the molecule is CN(CCBr)Cc1cc(F)cc(F)c1. The molecule has 0 saturated carbocycles. The molecule has 0 amide bonds. The Kier molecular flexibility index (Phi) is 4.48. The summed E-state index contributed by atoms with van der Waals surface area (Å²) in [6.07, 6.45) is 0. The Labute approximate surface area is 90.8 Å². The molecule has 1 aromatic carbocycles. The summed E-state index contributed by atoms with van der Waals surface area (Å²) in [6.45, 7) is 1.40. The van der Waals surface area contributed by atoms with Crippen LogP contribution in [0.15, 0.2) is 18.2 Å². The molecule has 0 aliphatic rings. The van der Waals surface area contributed by atoms with Crippen molar-refractivity contribution in [2.24, 2.45) is 0 Å². The maximum atomic E-state index is 12.8. The predicted octanol–water partition coefficient (Wildman–Crippen LogP) is 2.79. The second-order valence-electron chi connectivity index (χ2n) is 3.20. The molecule has 0 heterocycles. The Morgan fingerprint density at radius 1 is 1.21 bits per heavy atom. The number of rotatable bonds is 4. The Morgan fingerprint density at radius 3 is 2.29 bits per heavy atom. The average molecular weight is 264 g/mol. The van der Waals surface area contributed by atoms with E-state index in [4.69, 9.17) is 0 Å². The van der Waals surface area contributed by atoms with Crippen molar-refractivity contribution in [2.45, 2.75) is 6.54 Å². The van der Waals surface area contributed by atoms with E-state index in [9.17, 15) is 8.78 Å². The van der Waals surface area contributed by atoms with Crippen LogP contribution in [0.2, 0.25) is 0 Å². The summed E-state index contributed by atoms with van der Waals surface area (Å²) in [5, 5.41) is 0.849. The van der Waals surface area contributed by atoms with Crippen LogP contribution >= 0.6 is 15.9 Å². The van der Waals surface area contributed by atoms with Crippen molar-refractivity contribution < 1.29 is 8.78 Å². The highest BCUT2D eigenvalue weighted by atomic mass is 79.9. The maximum absolute atomic E-state index is 12.8. The van der Waals surface area contributed by atoms with Gasteiger partial charge in [-0.3, -0.25) is 0 Å². The van der Waals surface area contributed by atoms with E-state index in [1.165, 1.54) is 12.1 Å². The lowest BCUT2D eigenvalue weighted by Gasteiger charge is -2.14. The van der Waals surface area contributed by atoms with Gasteiger partial charge in [0.2, 0.25) is 0 Å². The third-order valence-electron chi connectivity index (χ3n) is 1.84. The van der Waals surface area contributed by atoms with E-state index >= 15 is 0 Å². The summed E-state index contributed by atoms with van der Waals surface area (Å²) >= 11 is 3.30. The van der Waals surface area contributed by atoms with E-state index in [2.05, 4.69) is 15.9 Å². The van der Waals surface area contributed by atoms with Gasteiger partial charge in [0.25, 0.3) is 0 Å². The predicted molar refractivity (Wildman–Crippen MR) is 56.5 cm³/mol. The average Bonchev–Trinajstić information content (AvgIpc) is 2.01. The summed E-state index contributed by atoms with van der Waals surface area (Å²) in [7, 11) is 1.91. The van der Waals surface area contributed by atoms with Gasteiger partial charge < -0.3 is 4.90 Å². The van der Waals surface area contributed by atoms with Crippen LogP contribution in [0, 0.1) is 11.6 Å². The first-order valence-corrected chi connectivity index (χ1v) is 5.43. The van der Waals surface area contributed by atoms with Crippen molar-refractivity contribution in [3.05, 3.63) is 35.4 Å². The van der Waals surface area contributed by atoms with Crippen LogP contribution in [-0.2, 0) is 6.54 Å². The molecule has 0 aliphatic carbocycles. The van der Waals surface area contributed by atoms with Crippen molar-refractivity contribution in [2.75, 3.05) is 18.9 Å². The number of hydrogen-bond donors (Lipinski definition) is 0. The molecule has 1 rings (SSSR count). The molecule has 4 heteroatoms. The molecular weight excluding hydrogens is 252 g/mol. The monoisotopic (exact) mass is 263 g/mol. The molecule has 0 aromatic heterocycles. The van der Waals surface area contributed by atoms with Crippen LogP contribution in [0.1, 0.15) is 5.56 Å². The van der Waals surface area contributed by atoms with Gasteiger partial charge in [0.05, 0.1) is 0 Å². The van der Waals surface area contributed by atoms with Gasteiger partial charge in [0.15, 0.2) is 0 Å². The van der Waals surface area contributed by atoms with E-state index in [0.29, 0.717) is 12.1 Å². The van der Waals surface area contributed by atoms with Gasteiger partial charge in [-0.2, -0.15) is 0 Å². The van der Waals surface area contributed by atoms with Crippen LogP contribution in [-0.4, -0.2) is 23.8 Å². The summed E-state index contributed by atoms with van der Waals surface area (Å²) in [5.74, 6) is -1.04. The molecule has 0 atom stereocenters. The van der Waals surface area contributed by atoms with Gasteiger partial charge in [0.1, 0.15) is 11.6 Å². The molecule has 0 bridgehead atoms. The molecule has 0 radical (unpaired) electrons. The highest BCUT2D eigenvalue weighted by molar-refractivity contribution is 9.09. The molecular formula is C10H12BrF2N. The third kappa shape index (κ3) is 3.72. The number of alkyl halides is 1. The first kappa shape index (κ1) is 11.6. The highest BCUT2D eigenvalue weighted by Gasteiger charge is 2.03. The van der Waals surface area contributed by atoms with E-state index < -0.39 is 11.6 Å². The first-order chi connectivity index (χ1) is 6.61. The van der Waals surface area contributed by atoms with Gasteiger partial charge in [-0.25, -0.2) is 8.78 Å². The molecule has 0 N–H and O–H groups in total. The van der Waals surface area contributed by atoms with Gasteiger partial charge in [-0.05, 0) is 24.7 Å². The Bertz CT molecular complexity index is 284. The molecule has 0 fully saturated rings. The van der Waals surface area contributed by atoms with E-state index in [1.54, 1.807) is 0 Å². The zero-order valence-corrected chi connectivity index (χ0v) is 9.52. The summed E-state index contributed by atoms with van der Waals surface area (Å²) < 4.78 is 25.6. The molecule has 0 unspecified atom stereocenters. The van der Waals surface area contributed by atoms with Crippen LogP contribution in [0.4, 0.5) is 8.78 Å². The molecule has 0 spiro atoms. The third-order valence-corrected chi connectivity index (χ3v) is 2.20. The fourth-order valence-electron chi connectivity index (χ4n) is 1.24. The topological polar surface area (TPSA) is 3.24 Å². The van der Waals surface area contributed by atoms with Crippen molar-refractivity contribution in [3.8, 4) is 0 Å². The maximum Gasteiger partial charge on any atom is 0.126 e. The summed E-state index contributed by atoms with van der Waals surface area (Å²) in [6, 6.07) is 3.59. The first-order valence-electron chi connectivity index (χ1n) is 4.31. The van der Waals surface area contributed by atoms with Gasteiger partial charge in [-0.1, -0.05) is 15.9 Å². The van der Waals surface area contributed by atoms with Gasteiger partial charge in [-0.15, -0.1) is 0 Å². The van der Waals surface area contributed by atoms with E-state index in [1.807, 2.05) is 11.9 Å². The van der Waals surface area contributed by atoms with Crippen LogP contribution in [0.5, 0.6) is 0 Å². The van der Waals surface area contributed by atoms with Crippen molar-refractivity contribution >= 4 is 15.9 Å². The second-order valence-corrected chi connectivity index (χ2v) is 4.00. The molecule has 14 heavy (non-hydrogen) atoms. The fourth-order valence-corrected chi connectivity index (χ4v) is 1.84. The van der Waals surface area contributed by atoms with Crippen LogP contribution in [0.3, 0.4) is 0 Å². The summed E-state index contributed by atoms with van der Waals surface area (Å²) in [5.41, 5.74) is 0.658. The van der Waals surface area contributed by atoms with Crippen molar-refractivity contribution in [1.29, 1.82) is 0 Å². The summed E-state index contributed by atoms with van der Waals surface area (Å²) in [4.78, 5) is 1.99. The largest absolute Gasteiger partial charge is 0.301 e. The molecule has 0 aliphatic heterocycles. The zero-order valence-electron chi connectivity index (χ0n) is 7.93. The Hall–Kier alpha value is -0.480. The van der Waals surface area contributed by atoms with Gasteiger partial charge >= 0.3 is 0 Å². The standard InChI is InChI=1S/C10H12BrF2N/c1-14(3-2-11)7-8-4-9(12)6-10(13)5-8/h4-6H,2-3,7H2,1H3. The van der Waals surface area contributed by atoms with Crippen molar-refractivity contribution in [1.82, 2.24) is 4.90 Å². The van der Waals surface area contributed by atoms with E-state index in [-0.39, 0.29) is 0 Å². The minimum atomic E-state index is -0.521. The van der Waals surface area contributed by atoms with E-state index in [0.717, 1.165) is 17.9 Å². The lowest BCUT2D eigenvalue weighted by molar-refractivity contribution is 0.348. The quantitative estimate of drug-likeness (QED) is 0.756. The number of benzene rings is 1. The number of nitrogens with zero attached hydrogens (tertiary/aromatic N) is 1. The molecule has 78 valence electrons. The lowest BCUT2D eigenvalue weighted by atomic mass is 10.2. The number of halogens is 3. The smallest absolute Gasteiger partial charge is 0.126 e. The molecule has 1 aromatic rings. The Morgan fingerprint density at radius 2 is 1.79 bits per heavy atom. The zero-order chi connectivity index (χ0) is 10.6. The van der Waals surface area contributed by atoms with Gasteiger partial charge in [0, 0.05) is 24.5 Å². The number of hydrogen-bond acceptors (Lipinski definition) is 1. The minimum absolute atomic E-state index is 0.521. The minimum Gasteiger partial charge on any atom is -0.301 e.